The highest BCUT2D eigenvalue weighted by molar-refractivity contribution is 5.85. The van der Waals surface area contributed by atoms with Gasteiger partial charge in [0.25, 0.3) is 0 Å². The van der Waals surface area contributed by atoms with Gasteiger partial charge in [0.1, 0.15) is 5.82 Å². The third-order valence-corrected chi connectivity index (χ3v) is 8.39. The highest BCUT2D eigenvalue weighted by Gasteiger charge is 2.51. The Morgan fingerprint density at radius 3 is 1.91 bits per heavy atom. The number of benzene rings is 1. The van der Waals surface area contributed by atoms with Crippen molar-refractivity contribution in [3.05, 3.63) is 35.6 Å². The molecule has 1 aromatic rings. The van der Waals surface area contributed by atoms with Crippen molar-refractivity contribution in [2.75, 3.05) is 32.7 Å². The van der Waals surface area contributed by atoms with Crippen molar-refractivity contribution in [1.29, 1.82) is 0 Å². The molecule has 1 heterocycles. The van der Waals surface area contributed by atoms with Gasteiger partial charge in [0.15, 0.2) is 0 Å². The lowest BCUT2D eigenvalue weighted by Crippen LogP contribution is -2.53. The van der Waals surface area contributed by atoms with E-state index in [0.717, 1.165) is 23.3 Å². The zero-order chi connectivity index (χ0) is 23.0. The summed E-state index contributed by atoms with van der Waals surface area (Å²) >= 11 is 0. The second-order valence-electron chi connectivity index (χ2n) is 10.9. The van der Waals surface area contributed by atoms with Crippen molar-refractivity contribution in [2.45, 2.75) is 51.4 Å². The summed E-state index contributed by atoms with van der Waals surface area (Å²) in [6, 6.07) is 5.96. The number of nitrogens with one attached hydrogen (secondary N) is 1. The predicted molar refractivity (Wildman–Crippen MR) is 121 cm³/mol. The number of halogens is 1. The smallest absolute Gasteiger partial charge is 0.242 e. The minimum Gasteiger partial charge on any atom is -0.347 e. The molecule has 4 saturated carbocycles. The van der Waals surface area contributed by atoms with Crippen LogP contribution in [0.25, 0.3) is 0 Å². The van der Waals surface area contributed by atoms with Crippen LogP contribution in [-0.4, -0.2) is 60.2 Å². The van der Waals surface area contributed by atoms with E-state index in [2.05, 4.69) is 5.32 Å². The largest absolute Gasteiger partial charge is 0.347 e. The average molecular weight is 456 g/mol. The van der Waals surface area contributed by atoms with E-state index in [9.17, 15) is 18.8 Å². The number of nitrogens with zero attached hydrogens (tertiary/aromatic N) is 2. The van der Waals surface area contributed by atoms with Crippen LogP contribution in [0.15, 0.2) is 24.3 Å². The summed E-state index contributed by atoms with van der Waals surface area (Å²) in [5, 5.41) is 2.88. The first-order valence-electron chi connectivity index (χ1n) is 12.4. The SMILES string of the molecule is O=C(CC12CC3CC(CC(C3)C1)C2)NCC(=O)N1CCN(C(=O)Cc2ccc(F)cc2)CC1. The Bertz CT molecular complexity index is 873. The van der Waals surface area contributed by atoms with Crippen LogP contribution in [0.1, 0.15) is 50.5 Å². The molecule has 3 amide bonds. The summed E-state index contributed by atoms with van der Waals surface area (Å²) in [6.45, 7) is 1.94. The first-order chi connectivity index (χ1) is 15.9. The first-order valence-corrected chi connectivity index (χ1v) is 12.4. The third-order valence-electron chi connectivity index (χ3n) is 8.39. The molecule has 6 rings (SSSR count). The Labute approximate surface area is 194 Å². The fourth-order valence-corrected chi connectivity index (χ4v) is 7.29. The van der Waals surface area contributed by atoms with Crippen LogP contribution in [0.5, 0.6) is 0 Å². The van der Waals surface area contributed by atoms with Gasteiger partial charge < -0.3 is 15.1 Å². The predicted octanol–water partition coefficient (Wildman–Crippen LogP) is 2.76. The minimum absolute atomic E-state index is 0.0124. The second-order valence-corrected chi connectivity index (χ2v) is 10.9. The highest BCUT2D eigenvalue weighted by Crippen LogP contribution is 2.61. The van der Waals surface area contributed by atoms with Gasteiger partial charge in [-0.25, -0.2) is 4.39 Å². The maximum Gasteiger partial charge on any atom is 0.242 e. The molecule has 6 nitrogen and oxygen atoms in total. The van der Waals surface area contributed by atoms with Gasteiger partial charge in [0.2, 0.25) is 17.7 Å². The molecule has 0 spiro atoms. The van der Waals surface area contributed by atoms with Crippen molar-refractivity contribution in [3.8, 4) is 0 Å². The van der Waals surface area contributed by atoms with Crippen LogP contribution in [-0.2, 0) is 20.8 Å². The van der Waals surface area contributed by atoms with Gasteiger partial charge in [-0.3, -0.25) is 14.4 Å². The van der Waals surface area contributed by atoms with Crippen molar-refractivity contribution < 1.29 is 18.8 Å². The van der Waals surface area contributed by atoms with E-state index in [-0.39, 0.29) is 41.9 Å². The molecule has 1 N–H and O–H groups in total. The lowest BCUT2D eigenvalue weighted by Gasteiger charge is -2.56. The van der Waals surface area contributed by atoms with E-state index in [0.29, 0.717) is 32.6 Å². The number of piperazine rings is 1. The second kappa shape index (κ2) is 9.07. The van der Waals surface area contributed by atoms with Gasteiger partial charge in [0.05, 0.1) is 13.0 Å². The van der Waals surface area contributed by atoms with Gasteiger partial charge in [-0.15, -0.1) is 0 Å². The van der Waals surface area contributed by atoms with Crippen molar-refractivity contribution in [1.82, 2.24) is 15.1 Å². The molecule has 5 aliphatic rings. The van der Waals surface area contributed by atoms with E-state index >= 15 is 0 Å². The minimum atomic E-state index is -0.316. The molecule has 7 heteroatoms. The normalized spacial score (nSPS) is 30.4. The molecule has 33 heavy (non-hydrogen) atoms. The molecule has 1 aromatic carbocycles. The summed E-state index contributed by atoms with van der Waals surface area (Å²) in [4.78, 5) is 41.3. The van der Waals surface area contributed by atoms with Gasteiger partial charge in [0, 0.05) is 32.6 Å². The highest BCUT2D eigenvalue weighted by atomic mass is 19.1. The summed E-state index contributed by atoms with van der Waals surface area (Å²) in [7, 11) is 0. The Hall–Kier alpha value is -2.44. The molecule has 178 valence electrons. The van der Waals surface area contributed by atoms with Crippen molar-refractivity contribution in [3.63, 3.8) is 0 Å². The molecule has 0 aromatic heterocycles. The van der Waals surface area contributed by atoms with Crippen LogP contribution in [0, 0.1) is 29.0 Å². The molecule has 4 aliphatic carbocycles. The maximum atomic E-state index is 13.0. The number of carbonyl (C=O) groups excluding carboxylic acids is 3. The first kappa shape index (κ1) is 22.4. The molecule has 0 atom stereocenters. The zero-order valence-corrected chi connectivity index (χ0v) is 19.2. The lowest BCUT2D eigenvalue weighted by atomic mass is 9.49. The quantitative estimate of drug-likeness (QED) is 0.717. The molecule has 5 fully saturated rings. The van der Waals surface area contributed by atoms with Gasteiger partial charge in [-0.05, 0) is 79.4 Å². The average Bonchev–Trinajstić information content (AvgIpc) is 2.78. The molecular formula is C26H34FN3O3. The van der Waals surface area contributed by atoms with Crippen LogP contribution < -0.4 is 5.32 Å². The van der Waals surface area contributed by atoms with E-state index in [1.165, 1.54) is 50.7 Å². The van der Waals surface area contributed by atoms with E-state index in [4.69, 9.17) is 0 Å². The number of amides is 3. The van der Waals surface area contributed by atoms with Crippen LogP contribution in [0.3, 0.4) is 0 Å². The maximum absolute atomic E-state index is 13.0. The molecule has 0 unspecified atom stereocenters. The zero-order valence-electron chi connectivity index (χ0n) is 19.2. The molecule has 1 aliphatic heterocycles. The summed E-state index contributed by atoms with van der Waals surface area (Å²) in [6.07, 6.45) is 8.44. The standard InChI is InChI=1S/C26H34FN3O3/c27-22-3-1-18(2-4-22)12-24(32)29-5-7-30(8-6-29)25(33)17-28-23(31)16-26-13-19-9-20(14-26)11-21(10-19)15-26/h1-4,19-21H,5-17H2,(H,28,31). The third kappa shape index (κ3) is 5.07. The van der Waals surface area contributed by atoms with Gasteiger partial charge in [-0.2, -0.15) is 0 Å². The van der Waals surface area contributed by atoms with Gasteiger partial charge >= 0.3 is 0 Å². The Kier molecular flexibility index (Phi) is 6.14. The molecule has 0 radical (unpaired) electrons. The van der Waals surface area contributed by atoms with Crippen molar-refractivity contribution in [2.24, 2.45) is 23.2 Å². The van der Waals surface area contributed by atoms with E-state index in [1.807, 2.05) is 0 Å². The molecular weight excluding hydrogens is 421 g/mol. The Balaban J connectivity index is 1.04. The van der Waals surface area contributed by atoms with Crippen molar-refractivity contribution >= 4 is 17.7 Å². The number of hydrogen-bond donors (Lipinski definition) is 1. The Morgan fingerprint density at radius 2 is 1.36 bits per heavy atom. The van der Waals surface area contributed by atoms with E-state index in [1.54, 1.807) is 21.9 Å². The van der Waals surface area contributed by atoms with Crippen LogP contribution in [0.2, 0.25) is 0 Å². The lowest BCUT2D eigenvalue weighted by molar-refractivity contribution is -0.140. The Morgan fingerprint density at radius 1 is 0.848 bits per heavy atom. The fourth-order valence-electron chi connectivity index (χ4n) is 7.29. The molecule has 1 saturated heterocycles. The number of hydrogen-bond acceptors (Lipinski definition) is 3. The fraction of sp³-hybridized carbons (Fsp3) is 0.654. The van der Waals surface area contributed by atoms with E-state index < -0.39 is 0 Å². The summed E-state index contributed by atoms with van der Waals surface area (Å²) in [5.74, 6) is 2.03. The number of rotatable bonds is 6. The topological polar surface area (TPSA) is 69.7 Å². The monoisotopic (exact) mass is 455 g/mol. The van der Waals surface area contributed by atoms with Gasteiger partial charge in [-0.1, -0.05) is 12.1 Å². The number of carbonyl (C=O) groups is 3. The molecule has 4 bridgehead atoms. The summed E-state index contributed by atoms with van der Waals surface area (Å²) in [5.41, 5.74) is 0.958. The van der Waals surface area contributed by atoms with Crippen LogP contribution in [0.4, 0.5) is 4.39 Å². The van der Waals surface area contributed by atoms with Crippen LogP contribution >= 0.6 is 0 Å². The summed E-state index contributed by atoms with van der Waals surface area (Å²) < 4.78 is 13.0.